The summed E-state index contributed by atoms with van der Waals surface area (Å²) < 4.78 is 26.9. The molecule has 0 unspecified atom stereocenters. The summed E-state index contributed by atoms with van der Waals surface area (Å²) in [6.07, 6.45) is 5.04. The number of carbonyl (C=O) groups excluding carboxylic acids is 3. The lowest BCUT2D eigenvalue weighted by Crippen LogP contribution is -2.54. The molecule has 0 aliphatic heterocycles. The summed E-state index contributed by atoms with van der Waals surface area (Å²) in [7, 11) is -3.95. The molecule has 10 heteroatoms. The van der Waals surface area contributed by atoms with Crippen LogP contribution in [-0.4, -0.2) is 55.8 Å². The van der Waals surface area contributed by atoms with Crippen LogP contribution >= 0.6 is 11.6 Å². The van der Waals surface area contributed by atoms with Crippen molar-refractivity contribution < 1.29 is 22.8 Å². The minimum Gasteiger partial charge on any atom is -0.352 e. The maximum Gasteiger partial charge on any atom is 0.244 e. The molecular formula is C32H36ClN3O5S. The number of nitrogens with one attached hydrogen (secondary N) is 1. The van der Waals surface area contributed by atoms with Gasteiger partial charge in [0.05, 0.1) is 11.9 Å². The van der Waals surface area contributed by atoms with Gasteiger partial charge in [0.15, 0.2) is 5.78 Å². The summed E-state index contributed by atoms with van der Waals surface area (Å²) in [4.78, 5) is 41.5. The van der Waals surface area contributed by atoms with Gasteiger partial charge >= 0.3 is 0 Å². The maximum atomic E-state index is 14.2. The van der Waals surface area contributed by atoms with E-state index in [0.29, 0.717) is 16.1 Å². The molecule has 1 saturated carbocycles. The van der Waals surface area contributed by atoms with Crippen molar-refractivity contribution in [1.82, 2.24) is 10.2 Å². The zero-order chi connectivity index (χ0) is 30.3. The number of amides is 2. The van der Waals surface area contributed by atoms with Crippen molar-refractivity contribution in [3.8, 4) is 0 Å². The standard InChI is InChI=1S/C32H36ClN3O5S/c1-23(37)25-14-10-17-28(20-25)36(42(2,40)41)22-31(38)35(21-26-13-6-9-18-29(26)33)30(19-24-11-4-3-5-12-24)32(39)34-27-15-7-8-16-27/h3-6,9-14,17-18,20,27,30H,7-8,15-16,19,21-22H2,1-2H3,(H,34,39)/t30-/m1/s1. The average molecular weight is 610 g/mol. The Morgan fingerprint density at radius 1 is 0.952 bits per heavy atom. The second-order valence-electron chi connectivity index (χ2n) is 10.7. The Kier molecular flexibility index (Phi) is 10.4. The molecule has 1 N–H and O–H groups in total. The molecule has 42 heavy (non-hydrogen) atoms. The van der Waals surface area contributed by atoms with E-state index in [9.17, 15) is 22.8 Å². The van der Waals surface area contributed by atoms with Gasteiger partial charge in [0.2, 0.25) is 21.8 Å². The molecule has 3 aromatic rings. The van der Waals surface area contributed by atoms with E-state index in [2.05, 4.69) is 5.32 Å². The number of benzene rings is 3. The molecule has 2 amide bonds. The largest absolute Gasteiger partial charge is 0.352 e. The molecule has 1 aliphatic rings. The number of halogens is 1. The van der Waals surface area contributed by atoms with Gasteiger partial charge < -0.3 is 10.2 Å². The van der Waals surface area contributed by atoms with Gasteiger partial charge in [0, 0.05) is 29.6 Å². The molecule has 0 aromatic heterocycles. The summed E-state index contributed by atoms with van der Waals surface area (Å²) in [5.74, 6) is -1.10. The Balaban J connectivity index is 1.74. The second kappa shape index (κ2) is 14.0. The molecule has 0 bridgehead atoms. The third kappa shape index (κ3) is 8.20. The Hall–Kier alpha value is -3.69. The minimum absolute atomic E-state index is 0.000812. The van der Waals surface area contributed by atoms with E-state index in [0.717, 1.165) is 41.8 Å². The van der Waals surface area contributed by atoms with E-state index in [1.54, 1.807) is 36.4 Å². The van der Waals surface area contributed by atoms with Crippen molar-refractivity contribution in [2.45, 2.75) is 57.7 Å². The van der Waals surface area contributed by atoms with Crippen LogP contribution in [0, 0.1) is 0 Å². The highest BCUT2D eigenvalue weighted by Gasteiger charge is 2.34. The van der Waals surface area contributed by atoms with E-state index < -0.39 is 28.5 Å². The first-order valence-corrected chi connectivity index (χ1v) is 16.2. The van der Waals surface area contributed by atoms with Gasteiger partial charge in [0.1, 0.15) is 12.6 Å². The first kappa shape index (κ1) is 31.3. The predicted octanol–water partition coefficient (Wildman–Crippen LogP) is 5.01. The summed E-state index contributed by atoms with van der Waals surface area (Å²) >= 11 is 6.50. The first-order chi connectivity index (χ1) is 20.0. The van der Waals surface area contributed by atoms with Gasteiger partial charge in [0.25, 0.3) is 0 Å². The van der Waals surface area contributed by atoms with Crippen molar-refractivity contribution in [2.24, 2.45) is 0 Å². The van der Waals surface area contributed by atoms with Crippen LogP contribution in [0.5, 0.6) is 0 Å². The summed E-state index contributed by atoms with van der Waals surface area (Å²) in [6, 6.07) is 21.7. The van der Waals surface area contributed by atoms with Gasteiger partial charge in [-0.1, -0.05) is 85.1 Å². The van der Waals surface area contributed by atoms with E-state index >= 15 is 0 Å². The smallest absolute Gasteiger partial charge is 0.244 e. The lowest BCUT2D eigenvalue weighted by atomic mass is 10.0. The van der Waals surface area contributed by atoms with Gasteiger partial charge in [-0.05, 0) is 49.1 Å². The van der Waals surface area contributed by atoms with Crippen molar-refractivity contribution in [3.63, 3.8) is 0 Å². The van der Waals surface area contributed by atoms with E-state index in [1.807, 2.05) is 30.3 Å². The summed E-state index contributed by atoms with van der Waals surface area (Å²) in [6.45, 7) is 0.823. The third-order valence-corrected chi connectivity index (χ3v) is 9.00. The lowest BCUT2D eigenvalue weighted by molar-refractivity contribution is -0.140. The van der Waals surface area contributed by atoms with Crippen LogP contribution in [0.4, 0.5) is 5.69 Å². The molecular weight excluding hydrogens is 574 g/mol. The number of Topliss-reactive ketones (excluding diaryl/α,β-unsaturated/α-hetero) is 1. The van der Waals surface area contributed by atoms with Gasteiger partial charge in [-0.2, -0.15) is 0 Å². The molecule has 1 aliphatic carbocycles. The van der Waals surface area contributed by atoms with Crippen molar-refractivity contribution >= 4 is 44.9 Å². The maximum absolute atomic E-state index is 14.2. The highest BCUT2D eigenvalue weighted by molar-refractivity contribution is 7.92. The second-order valence-corrected chi connectivity index (χ2v) is 13.0. The highest BCUT2D eigenvalue weighted by atomic mass is 35.5. The number of rotatable bonds is 12. The monoisotopic (exact) mass is 609 g/mol. The van der Waals surface area contributed by atoms with Crippen LogP contribution in [-0.2, 0) is 32.6 Å². The van der Waals surface area contributed by atoms with E-state index in [-0.39, 0.29) is 36.4 Å². The molecule has 3 aromatic carbocycles. The molecule has 4 rings (SSSR count). The predicted molar refractivity (Wildman–Crippen MR) is 165 cm³/mol. The Bertz CT molecular complexity index is 1520. The summed E-state index contributed by atoms with van der Waals surface area (Å²) in [5.41, 5.74) is 1.99. The first-order valence-electron chi connectivity index (χ1n) is 14.0. The fourth-order valence-corrected chi connectivity index (χ4v) is 6.26. The van der Waals surface area contributed by atoms with Gasteiger partial charge in [-0.25, -0.2) is 8.42 Å². The van der Waals surface area contributed by atoms with Crippen LogP contribution in [0.3, 0.4) is 0 Å². The van der Waals surface area contributed by atoms with Crippen molar-refractivity contribution in [1.29, 1.82) is 0 Å². The lowest BCUT2D eigenvalue weighted by Gasteiger charge is -2.34. The number of hydrogen-bond donors (Lipinski definition) is 1. The number of carbonyl (C=O) groups is 3. The zero-order valence-corrected chi connectivity index (χ0v) is 25.4. The van der Waals surface area contributed by atoms with E-state index in [1.165, 1.54) is 24.0 Å². The molecule has 0 spiro atoms. The summed E-state index contributed by atoms with van der Waals surface area (Å²) in [5, 5.41) is 3.56. The van der Waals surface area contributed by atoms with Crippen molar-refractivity contribution in [2.75, 3.05) is 17.1 Å². The highest BCUT2D eigenvalue weighted by Crippen LogP contribution is 2.24. The number of hydrogen-bond acceptors (Lipinski definition) is 5. The number of sulfonamides is 1. The average Bonchev–Trinajstić information content (AvgIpc) is 3.47. The SMILES string of the molecule is CC(=O)c1cccc(N(CC(=O)N(Cc2ccccc2Cl)[C@H](Cc2ccccc2)C(=O)NC2CCCC2)S(C)(=O)=O)c1. The van der Waals surface area contributed by atoms with Gasteiger partial charge in [-0.3, -0.25) is 18.7 Å². The van der Waals surface area contributed by atoms with E-state index in [4.69, 9.17) is 11.6 Å². The Morgan fingerprint density at radius 3 is 2.26 bits per heavy atom. The molecule has 222 valence electrons. The van der Waals surface area contributed by atoms with Crippen molar-refractivity contribution in [3.05, 3.63) is 101 Å². The zero-order valence-electron chi connectivity index (χ0n) is 23.8. The fourth-order valence-electron chi connectivity index (χ4n) is 5.23. The Labute approximate surface area is 252 Å². The molecule has 0 radical (unpaired) electrons. The van der Waals surface area contributed by atoms with Crippen LogP contribution in [0.1, 0.15) is 54.1 Å². The third-order valence-electron chi connectivity index (χ3n) is 7.49. The van der Waals surface area contributed by atoms with Crippen LogP contribution in [0.2, 0.25) is 5.02 Å². The molecule has 8 nitrogen and oxygen atoms in total. The van der Waals surface area contributed by atoms with Crippen LogP contribution in [0.15, 0.2) is 78.9 Å². The minimum atomic E-state index is -3.95. The number of nitrogens with zero attached hydrogens (tertiary/aromatic N) is 2. The molecule has 0 saturated heterocycles. The molecule has 1 atom stereocenters. The van der Waals surface area contributed by atoms with Gasteiger partial charge in [-0.15, -0.1) is 0 Å². The van der Waals surface area contributed by atoms with Crippen LogP contribution < -0.4 is 9.62 Å². The van der Waals surface area contributed by atoms with Crippen LogP contribution in [0.25, 0.3) is 0 Å². The molecule has 1 fully saturated rings. The fraction of sp³-hybridized carbons (Fsp3) is 0.344. The number of ketones is 1. The normalized spacial score (nSPS) is 14.3. The number of anilines is 1. The Morgan fingerprint density at radius 2 is 1.62 bits per heavy atom. The quantitative estimate of drug-likeness (QED) is 0.291. The topological polar surface area (TPSA) is 104 Å². The molecule has 0 heterocycles.